The molecule has 0 aromatic heterocycles. The molecule has 0 spiro atoms. The third-order valence-electron chi connectivity index (χ3n) is 3.47. The average molecular weight is 274 g/mol. The van der Waals surface area contributed by atoms with Crippen molar-refractivity contribution in [1.82, 2.24) is 5.32 Å². The molecule has 0 bridgehead atoms. The summed E-state index contributed by atoms with van der Waals surface area (Å²) in [5.41, 5.74) is 2.03. The van der Waals surface area contributed by atoms with Crippen molar-refractivity contribution in [2.24, 2.45) is 0 Å². The Labute approximate surface area is 124 Å². The summed E-state index contributed by atoms with van der Waals surface area (Å²) >= 11 is 0. The largest absolute Gasteiger partial charge is 0.352 e. The monoisotopic (exact) mass is 274 g/mol. The van der Waals surface area contributed by atoms with E-state index in [2.05, 4.69) is 25.2 Å². The van der Waals surface area contributed by atoms with Gasteiger partial charge in [0.15, 0.2) is 0 Å². The van der Waals surface area contributed by atoms with E-state index in [0.717, 1.165) is 44.2 Å². The normalized spacial score (nSPS) is 10.5. The molecule has 0 aliphatic heterocycles. The van der Waals surface area contributed by atoms with Crippen molar-refractivity contribution in [2.45, 2.75) is 58.3 Å². The number of amides is 1. The fourth-order valence-corrected chi connectivity index (χ4v) is 2.23. The van der Waals surface area contributed by atoms with Gasteiger partial charge >= 0.3 is 0 Å². The van der Waals surface area contributed by atoms with E-state index in [-0.39, 0.29) is 5.91 Å². The highest BCUT2D eigenvalue weighted by atomic mass is 16.1. The van der Waals surface area contributed by atoms with E-state index in [1.165, 1.54) is 24.8 Å². The molecule has 0 atom stereocenters. The highest BCUT2D eigenvalue weighted by molar-refractivity contribution is 5.94. The minimum Gasteiger partial charge on any atom is -0.352 e. The number of benzene rings is 1. The Morgan fingerprint density at radius 2 is 2.00 bits per heavy atom. The Morgan fingerprint density at radius 3 is 2.75 bits per heavy atom. The summed E-state index contributed by atoms with van der Waals surface area (Å²) in [6.45, 7) is 6.83. The second-order valence-corrected chi connectivity index (χ2v) is 5.33. The van der Waals surface area contributed by atoms with Gasteiger partial charge < -0.3 is 5.32 Å². The van der Waals surface area contributed by atoms with E-state index < -0.39 is 0 Å². The van der Waals surface area contributed by atoms with Crippen LogP contribution >= 0.6 is 0 Å². The van der Waals surface area contributed by atoms with E-state index in [4.69, 9.17) is 0 Å². The van der Waals surface area contributed by atoms with Crippen LogP contribution in [0.15, 0.2) is 24.3 Å². The molecule has 0 unspecified atom stereocenters. The molecule has 0 saturated heterocycles. The van der Waals surface area contributed by atoms with Crippen molar-refractivity contribution in [3.8, 4) is 0 Å². The molecule has 1 aromatic carbocycles. The SMILES string of the molecule is [CH2]CCCCc1cccc(C(=O)NCCCCCC)c1. The van der Waals surface area contributed by atoms with Gasteiger partial charge in [-0.1, -0.05) is 58.1 Å². The number of carbonyl (C=O) groups is 1. The van der Waals surface area contributed by atoms with Crippen LogP contribution in [-0.4, -0.2) is 12.5 Å². The van der Waals surface area contributed by atoms with Crippen LogP contribution in [0.2, 0.25) is 0 Å². The maximum absolute atomic E-state index is 12.0. The second kappa shape index (κ2) is 10.5. The zero-order valence-corrected chi connectivity index (χ0v) is 12.8. The number of nitrogens with one attached hydrogen (secondary N) is 1. The summed E-state index contributed by atoms with van der Waals surface area (Å²) in [5, 5.41) is 3.00. The maximum atomic E-state index is 12.0. The lowest BCUT2D eigenvalue weighted by Crippen LogP contribution is -2.24. The van der Waals surface area contributed by atoms with E-state index in [9.17, 15) is 4.79 Å². The molecule has 1 radical (unpaired) electrons. The molecule has 0 saturated carbocycles. The summed E-state index contributed by atoms with van der Waals surface area (Å²) in [7, 11) is 0. The molecule has 1 N–H and O–H groups in total. The van der Waals surface area contributed by atoms with Crippen molar-refractivity contribution >= 4 is 5.91 Å². The lowest BCUT2D eigenvalue weighted by Gasteiger charge is -2.07. The quantitative estimate of drug-likeness (QED) is 0.623. The third-order valence-corrected chi connectivity index (χ3v) is 3.47. The Hall–Kier alpha value is -1.31. The molecule has 1 amide bonds. The van der Waals surface area contributed by atoms with Crippen LogP contribution in [0.3, 0.4) is 0 Å². The zero-order valence-electron chi connectivity index (χ0n) is 12.8. The first-order valence-corrected chi connectivity index (χ1v) is 7.94. The molecule has 0 aliphatic rings. The predicted molar refractivity (Wildman–Crippen MR) is 85.8 cm³/mol. The molecule has 2 nitrogen and oxygen atoms in total. The minimum absolute atomic E-state index is 0.0560. The number of hydrogen-bond donors (Lipinski definition) is 1. The molecule has 2 heteroatoms. The van der Waals surface area contributed by atoms with Gasteiger partial charge in [-0.2, -0.15) is 0 Å². The number of unbranched alkanes of at least 4 members (excludes halogenated alkanes) is 5. The fraction of sp³-hybridized carbons (Fsp3) is 0.556. The average Bonchev–Trinajstić information content (AvgIpc) is 2.47. The lowest BCUT2D eigenvalue weighted by atomic mass is 10.0. The van der Waals surface area contributed by atoms with Gasteiger partial charge in [0.25, 0.3) is 5.91 Å². The molecule has 111 valence electrons. The van der Waals surface area contributed by atoms with Crippen LogP contribution < -0.4 is 5.32 Å². The van der Waals surface area contributed by atoms with Gasteiger partial charge in [0.1, 0.15) is 0 Å². The van der Waals surface area contributed by atoms with Crippen molar-refractivity contribution in [3.63, 3.8) is 0 Å². The Morgan fingerprint density at radius 1 is 1.15 bits per heavy atom. The van der Waals surface area contributed by atoms with Crippen molar-refractivity contribution in [3.05, 3.63) is 42.3 Å². The maximum Gasteiger partial charge on any atom is 0.251 e. The van der Waals surface area contributed by atoms with E-state index in [1.807, 2.05) is 18.2 Å². The van der Waals surface area contributed by atoms with Crippen LogP contribution in [0, 0.1) is 6.92 Å². The summed E-state index contributed by atoms with van der Waals surface area (Å²) < 4.78 is 0. The topological polar surface area (TPSA) is 29.1 Å². The molecule has 0 aliphatic carbocycles. The highest BCUT2D eigenvalue weighted by Crippen LogP contribution is 2.10. The van der Waals surface area contributed by atoms with Gasteiger partial charge in [0, 0.05) is 12.1 Å². The van der Waals surface area contributed by atoms with Gasteiger partial charge in [-0.3, -0.25) is 4.79 Å². The second-order valence-electron chi connectivity index (χ2n) is 5.33. The fourth-order valence-electron chi connectivity index (χ4n) is 2.23. The number of carbonyl (C=O) groups excluding carboxylic acids is 1. The van der Waals surface area contributed by atoms with Gasteiger partial charge in [-0.05, 0) is 37.0 Å². The first-order valence-electron chi connectivity index (χ1n) is 7.94. The lowest BCUT2D eigenvalue weighted by molar-refractivity contribution is 0.0953. The molecule has 20 heavy (non-hydrogen) atoms. The highest BCUT2D eigenvalue weighted by Gasteiger charge is 2.05. The van der Waals surface area contributed by atoms with Crippen LogP contribution in [0.5, 0.6) is 0 Å². The minimum atomic E-state index is 0.0560. The first-order chi connectivity index (χ1) is 9.77. The van der Waals surface area contributed by atoms with Crippen molar-refractivity contribution in [1.29, 1.82) is 0 Å². The van der Waals surface area contributed by atoms with Crippen LogP contribution in [0.25, 0.3) is 0 Å². The van der Waals surface area contributed by atoms with Crippen LogP contribution in [0.1, 0.15) is 67.8 Å². The molecule has 1 rings (SSSR count). The molecular formula is C18H28NO. The van der Waals surface area contributed by atoms with Crippen molar-refractivity contribution in [2.75, 3.05) is 6.54 Å². The van der Waals surface area contributed by atoms with Gasteiger partial charge in [0.2, 0.25) is 0 Å². The summed E-state index contributed by atoms with van der Waals surface area (Å²) in [5.74, 6) is 0.0560. The molecule has 0 fully saturated rings. The number of aryl methyl sites for hydroxylation is 1. The van der Waals surface area contributed by atoms with Gasteiger partial charge in [0.05, 0.1) is 0 Å². The smallest absolute Gasteiger partial charge is 0.251 e. The first kappa shape index (κ1) is 16.7. The van der Waals surface area contributed by atoms with E-state index in [1.54, 1.807) is 0 Å². The predicted octanol–water partition coefficient (Wildman–Crippen LogP) is 4.54. The van der Waals surface area contributed by atoms with E-state index >= 15 is 0 Å². The Kier molecular flexibility index (Phi) is 8.77. The summed E-state index contributed by atoms with van der Waals surface area (Å²) in [4.78, 5) is 12.0. The number of hydrogen-bond acceptors (Lipinski definition) is 1. The van der Waals surface area contributed by atoms with E-state index in [0.29, 0.717) is 0 Å². The summed E-state index contributed by atoms with van der Waals surface area (Å²) in [6, 6.07) is 7.99. The summed E-state index contributed by atoms with van der Waals surface area (Å²) in [6.07, 6.45) is 9.05. The standard InChI is InChI=1S/C18H28NO/c1-3-5-7-9-14-19-18(20)17-13-10-12-16(15-17)11-8-6-4-2/h10,12-13,15H,2-9,11,14H2,1H3,(H,19,20). The Balaban J connectivity index is 2.37. The Bertz CT molecular complexity index is 387. The van der Waals surface area contributed by atoms with Gasteiger partial charge in [-0.15, -0.1) is 0 Å². The van der Waals surface area contributed by atoms with Crippen LogP contribution in [-0.2, 0) is 6.42 Å². The third kappa shape index (κ3) is 6.74. The molecular weight excluding hydrogens is 246 g/mol. The number of rotatable bonds is 10. The molecule has 1 aromatic rings. The molecule has 0 heterocycles. The zero-order chi connectivity index (χ0) is 14.6. The van der Waals surface area contributed by atoms with Gasteiger partial charge in [-0.25, -0.2) is 0 Å². The van der Waals surface area contributed by atoms with Crippen molar-refractivity contribution < 1.29 is 4.79 Å². The van der Waals surface area contributed by atoms with Crippen LogP contribution in [0.4, 0.5) is 0 Å².